The van der Waals surface area contributed by atoms with E-state index in [0.29, 0.717) is 49.4 Å². The van der Waals surface area contributed by atoms with Crippen molar-refractivity contribution in [2.45, 2.75) is 6.10 Å². The number of hydrogen-bond acceptors (Lipinski definition) is 7. The summed E-state index contributed by atoms with van der Waals surface area (Å²) in [5, 5.41) is 0. The summed E-state index contributed by atoms with van der Waals surface area (Å²) in [5.41, 5.74) is 0. The molecule has 1 aliphatic rings. The highest BCUT2D eigenvalue weighted by atomic mass is 31.2. The highest BCUT2D eigenvalue weighted by molar-refractivity contribution is 7.51. The fourth-order valence-corrected chi connectivity index (χ4v) is 3.02. The van der Waals surface area contributed by atoms with Gasteiger partial charge in [0.1, 0.15) is 38.9 Å². The van der Waals surface area contributed by atoms with Gasteiger partial charge in [0.05, 0.1) is 13.2 Å². The molecule has 0 unspecified atom stereocenters. The molecule has 0 amide bonds. The van der Waals surface area contributed by atoms with E-state index < -0.39 is 20.0 Å². The van der Waals surface area contributed by atoms with Crippen molar-refractivity contribution < 1.29 is 42.8 Å². The minimum absolute atomic E-state index is 0.000102. The molecule has 0 saturated heterocycles. The Morgan fingerprint density at radius 3 is 1.63 bits per heavy atom. The quantitative estimate of drug-likeness (QED) is 0.695. The predicted octanol–water partition coefficient (Wildman–Crippen LogP) is 2.45. The van der Waals surface area contributed by atoms with Gasteiger partial charge in [-0.25, -0.2) is 0 Å². The van der Waals surface area contributed by atoms with Crippen LogP contribution in [0.15, 0.2) is 48.5 Å². The number of benzene rings is 2. The minimum atomic E-state index is -4.34. The molecule has 1 heterocycles. The van der Waals surface area contributed by atoms with Crippen LogP contribution in [0.1, 0.15) is 0 Å². The SMILES string of the molecule is O=P(O)(O)COC1COc2ccccc2OCCOCCOc2ccccc2OC1. The Hall–Kier alpha value is -2.29. The fourth-order valence-electron chi connectivity index (χ4n) is 2.61. The Morgan fingerprint density at radius 2 is 1.20 bits per heavy atom. The molecule has 0 fully saturated rings. The third kappa shape index (κ3) is 7.51. The third-order valence-corrected chi connectivity index (χ3v) is 4.48. The number of fused-ring (bicyclic) bond motifs is 2. The minimum Gasteiger partial charge on any atom is -0.487 e. The highest BCUT2D eigenvalue weighted by Crippen LogP contribution is 2.35. The first-order chi connectivity index (χ1) is 14.5. The number of para-hydroxylation sites is 4. The molecule has 2 aromatic carbocycles. The standard InChI is InChI=1S/C20H25O9P/c21-30(22,23)15-29-16-13-27-19-7-3-1-5-17(19)25-11-9-24-10-12-26-18-6-2-4-8-20(18)28-14-16/h1-8,16H,9-15H2,(H2,21,22,23). The van der Waals surface area contributed by atoms with Gasteiger partial charge in [-0.05, 0) is 24.3 Å². The third-order valence-electron chi connectivity index (χ3n) is 4.00. The van der Waals surface area contributed by atoms with Crippen molar-refractivity contribution in [1.29, 1.82) is 0 Å². The van der Waals surface area contributed by atoms with Crippen molar-refractivity contribution in [3.63, 3.8) is 0 Å². The largest absolute Gasteiger partial charge is 0.487 e. The van der Waals surface area contributed by atoms with Crippen LogP contribution < -0.4 is 18.9 Å². The van der Waals surface area contributed by atoms with E-state index in [0.717, 1.165) is 0 Å². The highest BCUT2D eigenvalue weighted by Gasteiger charge is 2.21. The molecule has 0 saturated carbocycles. The lowest BCUT2D eigenvalue weighted by Gasteiger charge is -2.21. The predicted molar refractivity (Wildman–Crippen MR) is 107 cm³/mol. The summed E-state index contributed by atoms with van der Waals surface area (Å²) in [6.45, 7) is 1.42. The summed E-state index contributed by atoms with van der Waals surface area (Å²) >= 11 is 0. The smallest absolute Gasteiger partial charge is 0.350 e. The van der Waals surface area contributed by atoms with Crippen molar-refractivity contribution in [3.05, 3.63) is 48.5 Å². The summed E-state index contributed by atoms with van der Waals surface area (Å²) in [7, 11) is -4.34. The van der Waals surface area contributed by atoms with Gasteiger partial charge in [-0.3, -0.25) is 4.57 Å². The van der Waals surface area contributed by atoms with E-state index in [1.165, 1.54) is 0 Å². The van der Waals surface area contributed by atoms with Gasteiger partial charge in [-0.2, -0.15) is 0 Å². The van der Waals surface area contributed by atoms with Gasteiger partial charge in [-0.15, -0.1) is 0 Å². The van der Waals surface area contributed by atoms with E-state index in [4.69, 9.17) is 38.2 Å². The molecule has 164 valence electrons. The molecule has 9 nitrogen and oxygen atoms in total. The lowest BCUT2D eigenvalue weighted by molar-refractivity contribution is 0.00568. The van der Waals surface area contributed by atoms with Gasteiger partial charge in [0, 0.05) is 0 Å². The van der Waals surface area contributed by atoms with Gasteiger partial charge >= 0.3 is 7.60 Å². The molecule has 30 heavy (non-hydrogen) atoms. The maximum Gasteiger partial charge on any atom is 0.350 e. The average molecular weight is 440 g/mol. The lowest BCUT2D eigenvalue weighted by atomic mass is 10.3. The molecule has 10 heteroatoms. The summed E-state index contributed by atoms with van der Waals surface area (Å²) in [6, 6.07) is 14.2. The Labute approximate surface area is 174 Å². The normalized spacial score (nSPS) is 16.7. The van der Waals surface area contributed by atoms with Crippen LogP contribution in [0.25, 0.3) is 0 Å². The van der Waals surface area contributed by atoms with Crippen LogP contribution in [0.4, 0.5) is 0 Å². The van der Waals surface area contributed by atoms with Gasteiger partial charge in [-0.1, -0.05) is 24.3 Å². The second-order valence-electron chi connectivity index (χ2n) is 6.41. The molecule has 1 aliphatic heterocycles. The molecule has 2 N–H and O–H groups in total. The van der Waals surface area contributed by atoms with Crippen LogP contribution in [0.3, 0.4) is 0 Å². The van der Waals surface area contributed by atoms with Gasteiger partial charge in [0.25, 0.3) is 0 Å². The maximum atomic E-state index is 11.2. The molecule has 0 radical (unpaired) electrons. The monoisotopic (exact) mass is 440 g/mol. The zero-order chi connectivity index (χ0) is 21.2. The van der Waals surface area contributed by atoms with Gasteiger partial charge < -0.3 is 38.2 Å². The molecule has 0 aromatic heterocycles. The molecule has 0 atom stereocenters. The van der Waals surface area contributed by atoms with E-state index >= 15 is 0 Å². The van der Waals surface area contributed by atoms with Crippen molar-refractivity contribution in [1.82, 2.24) is 0 Å². The van der Waals surface area contributed by atoms with E-state index in [9.17, 15) is 4.57 Å². The Bertz CT molecular complexity index is 783. The molecule has 0 bridgehead atoms. The zero-order valence-corrected chi connectivity index (χ0v) is 17.2. The van der Waals surface area contributed by atoms with Crippen LogP contribution in [0.2, 0.25) is 0 Å². The van der Waals surface area contributed by atoms with Crippen LogP contribution in [0, 0.1) is 0 Å². The van der Waals surface area contributed by atoms with Crippen molar-refractivity contribution in [3.8, 4) is 23.0 Å². The Balaban J connectivity index is 1.75. The first-order valence-electron chi connectivity index (χ1n) is 9.44. The first-order valence-corrected chi connectivity index (χ1v) is 11.2. The summed E-state index contributed by atoms with van der Waals surface area (Å²) < 4.78 is 45.1. The van der Waals surface area contributed by atoms with Crippen LogP contribution in [-0.4, -0.2) is 61.9 Å². The Morgan fingerprint density at radius 1 is 0.767 bits per heavy atom. The molecular formula is C20H25O9P. The Kier molecular flexibility index (Phi) is 8.36. The van der Waals surface area contributed by atoms with Gasteiger partial charge in [0.15, 0.2) is 23.0 Å². The second kappa shape index (κ2) is 11.2. The van der Waals surface area contributed by atoms with Crippen molar-refractivity contribution in [2.24, 2.45) is 0 Å². The topological polar surface area (TPSA) is 113 Å². The lowest BCUT2D eigenvalue weighted by Crippen LogP contribution is -2.29. The van der Waals surface area contributed by atoms with Crippen LogP contribution in [-0.2, 0) is 14.0 Å². The molecule has 2 aromatic rings. The summed E-state index contributed by atoms with van der Waals surface area (Å²) in [6.07, 6.45) is -1.48. The van der Waals surface area contributed by atoms with E-state index in [-0.39, 0.29) is 13.2 Å². The van der Waals surface area contributed by atoms with Crippen LogP contribution in [0.5, 0.6) is 23.0 Å². The molecule has 3 rings (SSSR count). The van der Waals surface area contributed by atoms with Crippen molar-refractivity contribution >= 4 is 7.60 Å². The van der Waals surface area contributed by atoms with Crippen molar-refractivity contribution in [2.75, 3.05) is 46.0 Å². The summed E-state index contributed by atoms with van der Waals surface area (Å²) in [5.74, 6) is 2.03. The summed E-state index contributed by atoms with van der Waals surface area (Å²) in [4.78, 5) is 18.3. The second-order valence-corrected chi connectivity index (χ2v) is 7.99. The number of rotatable bonds is 3. The molecular weight excluding hydrogens is 415 g/mol. The number of hydrogen-bond donors (Lipinski definition) is 2. The fraction of sp³-hybridized carbons (Fsp3) is 0.400. The van der Waals surface area contributed by atoms with Crippen LogP contribution >= 0.6 is 7.60 Å². The van der Waals surface area contributed by atoms with E-state index in [2.05, 4.69) is 0 Å². The zero-order valence-electron chi connectivity index (χ0n) is 16.3. The molecule has 0 aliphatic carbocycles. The maximum absolute atomic E-state index is 11.2. The molecule has 0 spiro atoms. The number of ether oxygens (including phenoxy) is 6. The average Bonchev–Trinajstić information content (AvgIpc) is 2.72. The van der Waals surface area contributed by atoms with E-state index in [1.807, 2.05) is 12.1 Å². The van der Waals surface area contributed by atoms with Gasteiger partial charge in [0.2, 0.25) is 0 Å². The first kappa shape index (κ1) is 22.4. The van der Waals surface area contributed by atoms with E-state index in [1.54, 1.807) is 36.4 Å².